The van der Waals surface area contributed by atoms with Crippen LogP contribution in [0.4, 0.5) is 0 Å². The first-order chi connectivity index (χ1) is 21.0. The zero-order valence-electron chi connectivity index (χ0n) is 26.4. The van der Waals surface area contributed by atoms with Crippen LogP contribution in [0.2, 0.25) is 0 Å². The molecule has 0 radical (unpaired) electrons. The number of nitrogens with zero attached hydrogens (tertiary/aromatic N) is 1. The molecule has 4 bridgehead atoms. The van der Waals surface area contributed by atoms with Crippen molar-refractivity contribution >= 4 is 17.3 Å². The van der Waals surface area contributed by atoms with Crippen LogP contribution >= 0.6 is 11.3 Å². The van der Waals surface area contributed by atoms with E-state index in [2.05, 4.69) is 11.8 Å². The van der Waals surface area contributed by atoms with Crippen LogP contribution in [0.15, 0.2) is 12.1 Å². The van der Waals surface area contributed by atoms with Gasteiger partial charge in [0, 0.05) is 55.1 Å². The summed E-state index contributed by atoms with van der Waals surface area (Å²) in [5.41, 5.74) is -9.53. The fourth-order valence-corrected chi connectivity index (χ4v) is 12.9. The van der Waals surface area contributed by atoms with Gasteiger partial charge < -0.3 is 44.8 Å². The van der Waals surface area contributed by atoms with E-state index >= 15 is 0 Å². The summed E-state index contributed by atoms with van der Waals surface area (Å²) in [6.07, 6.45) is 0.406. The summed E-state index contributed by atoms with van der Waals surface area (Å²) >= 11 is 1.15. The summed E-state index contributed by atoms with van der Waals surface area (Å²) in [4.78, 5) is 15.7. The fourth-order valence-electron chi connectivity index (χ4n) is 12.2. The summed E-state index contributed by atoms with van der Waals surface area (Å²) in [5, 5.41) is 74.9. The Kier molecular flexibility index (Phi) is 6.33. The van der Waals surface area contributed by atoms with Gasteiger partial charge in [0.05, 0.1) is 18.8 Å². The molecule has 45 heavy (non-hydrogen) atoms. The molecule has 1 spiro atoms. The number of thiophene rings is 1. The number of piperidine rings is 2. The van der Waals surface area contributed by atoms with E-state index in [-0.39, 0.29) is 19.4 Å². The van der Waals surface area contributed by atoms with E-state index in [0.29, 0.717) is 54.5 Å². The number of carbonyl (C=O) groups excluding carboxylic acids is 1. The molecule has 14 atom stereocenters. The highest BCUT2D eigenvalue weighted by Gasteiger charge is 2.88. The molecular weight excluding hydrogens is 602 g/mol. The maximum absolute atomic E-state index is 13.2. The quantitative estimate of drug-likeness (QED) is 0.262. The molecule has 11 nitrogen and oxygen atoms in total. The molecule has 3 aliphatic heterocycles. The van der Waals surface area contributed by atoms with Gasteiger partial charge in [-0.05, 0) is 63.5 Å². The Labute approximate surface area is 267 Å². The summed E-state index contributed by atoms with van der Waals surface area (Å²) in [7, 11) is 1.52. The van der Waals surface area contributed by atoms with Crippen molar-refractivity contribution in [3.63, 3.8) is 0 Å². The highest BCUT2D eigenvalue weighted by molar-refractivity contribution is 7.15. The van der Waals surface area contributed by atoms with E-state index < -0.39 is 81.2 Å². The van der Waals surface area contributed by atoms with Crippen LogP contribution in [0.3, 0.4) is 0 Å². The van der Waals surface area contributed by atoms with E-state index in [0.717, 1.165) is 17.8 Å². The molecule has 8 rings (SSSR count). The lowest BCUT2D eigenvalue weighted by molar-refractivity contribution is -0.354. The molecule has 6 N–H and O–H groups in total. The monoisotopic (exact) mass is 649 g/mol. The highest BCUT2D eigenvalue weighted by Crippen LogP contribution is 2.78. The predicted octanol–water partition coefficient (Wildman–Crippen LogP) is 1.41. The van der Waals surface area contributed by atoms with Crippen LogP contribution in [0.5, 0.6) is 5.06 Å². The average molecular weight is 650 g/mol. The smallest absolute Gasteiger partial charge is 0.348 e. The van der Waals surface area contributed by atoms with Gasteiger partial charge in [-0.2, -0.15) is 0 Å². The Bertz CT molecular complexity index is 1420. The van der Waals surface area contributed by atoms with Crippen LogP contribution in [0, 0.1) is 29.1 Å². The van der Waals surface area contributed by atoms with Gasteiger partial charge in [-0.25, -0.2) is 4.79 Å². The summed E-state index contributed by atoms with van der Waals surface area (Å²) < 4.78 is 18.0. The molecule has 12 heteroatoms. The molecule has 1 aromatic heterocycles. The lowest BCUT2D eigenvalue weighted by Crippen LogP contribution is -2.85. The van der Waals surface area contributed by atoms with Crippen LogP contribution < -0.4 is 4.74 Å². The normalized spacial score (nSPS) is 56.5. The second-order valence-corrected chi connectivity index (χ2v) is 17.1. The van der Waals surface area contributed by atoms with Gasteiger partial charge in [-0.15, -0.1) is 0 Å². The van der Waals surface area contributed by atoms with Crippen molar-refractivity contribution in [1.82, 2.24) is 4.90 Å². The Hall–Kier alpha value is -1.35. The third-order valence-corrected chi connectivity index (χ3v) is 15.3. The minimum atomic E-state index is -2.08. The molecule has 0 unspecified atom stereocenters. The topological polar surface area (TPSA) is 169 Å². The van der Waals surface area contributed by atoms with Crippen molar-refractivity contribution in [3.8, 4) is 5.06 Å². The number of aliphatic hydroxyl groups excluding tert-OH is 1. The molecule has 250 valence electrons. The molecule has 7 aliphatic rings. The second kappa shape index (κ2) is 9.21. The van der Waals surface area contributed by atoms with Gasteiger partial charge in [-0.3, -0.25) is 4.90 Å². The van der Waals surface area contributed by atoms with E-state index in [4.69, 9.17) is 14.2 Å². The lowest BCUT2D eigenvalue weighted by atomic mass is 9.49. The number of aliphatic hydroxyl groups is 6. The molecule has 4 aliphatic carbocycles. The van der Waals surface area contributed by atoms with Crippen LogP contribution in [-0.4, -0.2) is 114 Å². The van der Waals surface area contributed by atoms with Gasteiger partial charge in [0.15, 0.2) is 11.2 Å². The highest BCUT2D eigenvalue weighted by atomic mass is 32.1. The molecule has 4 saturated carbocycles. The average Bonchev–Trinajstić information content (AvgIpc) is 3.52. The van der Waals surface area contributed by atoms with Crippen LogP contribution in [-0.2, 0) is 9.47 Å². The number of ether oxygens (including phenoxy) is 3. The van der Waals surface area contributed by atoms with E-state index in [9.17, 15) is 35.4 Å². The Balaban J connectivity index is 1.18. The zero-order valence-corrected chi connectivity index (χ0v) is 27.3. The first-order valence-corrected chi connectivity index (χ1v) is 17.4. The van der Waals surface area contributed by atoms with Gasteiger partial charge in [0.25, 0.3) is 0 Å². The van der Waals surface area contributed by atoms with Crippen LogP contribution in [0.25, 0.3) is 0 Å². The Morgan fingerprint density at radius 3 is 2.42 bits per heavy atom. The van der Waals surface area contributed by atoms with Crippen molar-refractivity contribution in [2.75, 3.05) is 20.2 Å². The van der Waals surface area contributed by atoms with Crippen molar-refractivity contribution in [2.45, 2.75) is 124 Å². The molecule has 7 fully saturated rings. The molecule has 0 amide bonds. The number of fused-ring (bicyclic) bond motifs is 5. The summed E-state index contributed by atoms with van der Waals surface area (Å²) in [5.74, 6) is -4.24. The third-order valence-electron chi connectivity index (χ3n) is 14.3. The maximum Gasteiger partial charge on any atom is 0.348 e. The van der Waals surface area contributed by atoms with E-state index in [1.807, 2.05) is 6.92 Å². The number of esters is 1. The van der Waals surface area contributed by atoms with E-state index in [1.165, 1.54) is 7.11 Å². The molecule has 0 aromatic carbocycles. The second-order valence-electron chi connectivity index (χ2n) is 16.0. The minimum absolute atomic E-state index is 0.0803. The van der Waals surface area contributed by atoms with Gasteiger partial charge in [0.2, 0.25) is 5.79 Å². The van der Waals surface area contributed by atoms with Crippen molar-refractivity contribution in [3.05, 3.63) is 17.0 Å². The first-order valence-electron chi connectivity index (χ1n) is 16.6. The molecule has 4 heterocycles. The lowest BCUT2D eigenvalue weighted by Gasteiger charge is -2.68. The fraction of sp³-hybridized carbons (Fsp3) is 0.848. The summed E-state index contributed by atoms with van der Waals surface area (Å²) in [6, 6.07) is 2.91. The van der Waals surface area contributed by atoms with Crippen LogP contribution in [0.1, 0.15) is 81.8 Å². The number of carbonyl (C=O) groups is 1. The SMILES string of the molecule is COc1ccc(C(=O)O[C@H]2CC[C@@]3(C)[C@@H]4CC[C@H]5[C@]6(O)C[C@H](O)[C@@]7(O)[C@@H](CN8C[C@@H](C)CC[C@H]8[C@@]7(C)O)[C@]6(O)C[C@@]53O[C@]24O)s1. The summed E-state index contributed by atoms with van der Waals surface area (Å²) in [6.45, 7) is 6.62. The molecular formula is C33H47NO10S. The van der Waals surface area contributed by atoms with Gasteiger partial charge in [0.1, 0.15) is 27.3 Å². The molecule has 3 saturated heterocycles. The van der Waals surface area contributed by atoms with Crippen molar-refractivity contribution < 1.29 is 49.6 Å². The largest absolute Gasteiger partial charge is 0.487 e. The predicted molar refractivity (Wildman–Crippen MR) is 160 cm³/mol. The maximum atomic E-state index is 13.2. The number of hydrogen-bond donors (Lipinski definition) is 6. The minimum Gasteiger partial charge on any atom is -0.487 e. The van der Waals surface area contributed by atoms with Crippen molar-refractivity contribution in [2.24, 2.45) is 29.1 Å². The Morgan fingerprint density at radius 2 is 1.71 bits per heavy atom. The van der Waals surface area contributed by atoms with Gasteiger partial charge in [-0.1, -0.05) is 25.2 Å². The third kappa shape index (κ3) is 3.42. The Morgan fingerprint density at radius 1 is 0.978 bits per heavy atom. The van der Waals surface area contributed by atoms with Gasteiger partial charge >= 0.3 is 5.97 Å². The number of methoxy groups -OCH3 is 1. The standard InChI is InChI=1S/C33H47NO10S/c1-17-5-9-22-28(3,37)32(40)21(15-34(22)14-17)30(39)16-31-20(29(30,38)13-23(32)35)8-7-19-27(31,2)12-11-24(33(19,41)44-31)43-26(36)18-6-10-25(42-4)45-18/h6,10,17,19-24,35,37-41H,5,7-9,11-16H2,1-4H3/t17-,19-,20-,21-,22-,23-,24-,27-,28+,29+,30+,31+,32-,33-/m0/s1. The first kappa shape index (κ1) is 31.0. The van der Waals surface area contributed by atoms with Crippen molar-refractivity contribution in [1.29, 1.82) is 0 Å². The van der Waals surface area contributed by atoms with E-state index in [1.54, 1.807) is 19.1 Å². The number of rotatable bonds is 3. The number of hydrogen-bond acceptors (Lipinski definition) is 12. The molecule has 1 aromatic rings. The zero-order chi connectivity index (χ0) is 32.2.